The van der Waals surface area contributed by atoms with Crippen LogP contribution in [-0.2, 0) is 6.42 Å². The Morgan fingerprint density at radius 3 is 2.38 bits per heavy atom. The van der Waals surface area contributed by atoms with Crippen molar-refractivity contribution in [3.05, 3.63) is 67.9 Å². The Hall–Kier alpha value is -3.50. The van der Waals surface area contributed by atoms with Crippen molar-refractivity contribution in [2.24, 2.45) is 0 Å². The molecular formula is C20H18Cl2N6O4. The third-order valence-corrected chi connectivity index (χ3v) is 4.78. The van der Waals surface area contributed by atoms with Gasteiger partial charge in [-0.15, -0.1) is 0 Å². The predicted molar refractivity (Wildman–Crippen MR) is 122 cm³/mol. The monoisotopic (exact) mass is 476 g/mol. The van der Waals surface area contributed by atoms with E-state index < -0.39 is 10.9 Å². The number of nitrogens with one attached hydrogen (secondary N) is 2. The van der Waals surface area contributed by atoms with Crippen molar-refractivity contribution in [2.75, 3.05) is 23.7 Å². The summed E-state index contributed by atoms with van der Waals surface area (Å²) in [6.07, 6.45) is 1.55. The van der Waals surface area contributed by atoms with Crippen molar-refractivity contribution in [3.8, 4) is 11.3 Å². The Balaban J connectivity index is 1.79. The highest BCUT2D eigenvalue weighted by atomic mass is 35.5. The van der Waals surface area contributed by atoms with Gasteiger partial charge in [0, 0.05) is 34.8 Å². The summed E-state index contributed by atoms with van der Waals surface area (Å²) in [7, 11) is 0. The predicted octanol–water partition coefficient (Wildman–Crippen LogP) is 4.54. The highest BCUT2D eigenvalue weighted by molar-refractivity contribution is 6.35. The van der Waals surface area contributed by atoms with E-state index in [1.54, 1.807) is 25.1 Å². The molecule has 2 aromatic heterocycles. The van der Waals surface area contributed by atoms with Crippen LogP contribution in [0, 0.1) is 10.1 Å². The summed E-state index contributed by atoms with van der Waals surface area (Å²) in [6, 6.07) is 7.59. The Labute approximate surface area is 192 Å². The van der Waals surface area contributed by atoms with Crippen molar-refractivity contribution in [3.63, 3.8) is 0 Å². The molecule has 0 spiro atoms. The number of carbonyl (C=O) groups is 1. The maximum absolute atomic E-state index is 11.9. The van der Waals surface area contributed by atoms with E-state index in [0.29, 0.717) is 46.6 Å². The first kappa shape index (κ1) is 23.2. The summed E-state index contributed by atoms with van der Waals surface area (Å²) >= 11 is 12.2. The molecule has 32 heavy (non-hydrogen) atoms. The minimum atomic E-state index is -1.15. The summed E-state index contributed by atoms with van der Waals surface area (Å²) in [5.74, 6) is -0.426. The van der Waals surface area contributed by atoms with E-state index in [0.717, 1.165) is 0 Å². The number of benzene rings is 1. The minimum Gasteiger partial charge on any atom is -0.478 e. The molecule has 1 aromatic carbocycles. The molecule has 0 atom stereocenters. The number of anilines is 2. The Morgan fingerprint density at radius 2 is 1.81 bits per heavy atom. The Bertz CT molecular complexity index is 1140. The molecule has 0 saturated heterocycles. The zero-order valence-corrected chi connectivity index (χ0v) is 18.3. The lowest BCUT2D eigenvalue weighted by Gasteiger charge is -2.14. The van der Waals surface area contributed by atoms with Gasteiger partial charge in [-0.2, -0.15) is 0 Å². The molecule has 0 aliphatic carbocycles. The van der Waals surface area contributed by atoms with Crippen LogP contribution in [0.5, 0.6) is 0 Å². The van der Waals surface area contributed by atoms with Crippen LogP contribution in [0.25, 0.3) is 11.3 Å². The van der Waals surface area contributed by atoms with Gasteiger partial charge in [0.2, 0.25) is 5.95 Å². The fourth-order valence-electron chi connectivity index (χ4n) is 2.93. The highest BCUT2D eigenvalue weighted by Crippen LogP contribution is 2.30. The molecule has 0 aliphatic rings. The lowest BCUT2D eigenvalue weighted by Crippen LogP contribution is -2.18. The number of aromatic nitrogens is 3. The standard InChI is InChI=1S/C20H18Cl2N6O4/c1-2-15-17(19(29)30)18(11-7-12(21)9-13(22)8-11)27-20(26-15)24-6-5-23-16-4-3-14(10-25-16)28(31)32/h3-4,7-10H,2,5-6H2,1H3,(H,23,25)(H,29,30)(H,24,26,27). The summed E-state index contributed by atoms with van der Waals surface area (Å²) < 4.78 is 0. The van der Waals surface area contributed by atoms with Crippen LogP contribution in [0.2, 0.25) is 10.0 Å². The van der Waals surface area contributed by atoms with E-state index in [4.69, 9.17) is 23.2 Å². The average molecular weight is 477 g/mol. The lowest BCUT2D eigenvalue weighted by atomic mass is 10.0. The minimum absolute atomic E-state index is 0.00964. The Morgan fingerprint density at radius 1 is 1.12 bits per heavy atom. The normalized spacial score (nSPS) is 10.6. The zero-order chi connectivity index (χ0) is 23.3. The summed E-state index contributed by atoms with van der Waals surface area (Å²) in [5.41, 5.74) is 0.937. The van der Waals surface area contributed by atoms with Gasteiger partial charge in [0.15, 0.2) is 0 Å². The third-order valence-electron chi connectivity index (χ3n) is 4.34. The molecule has 3 aromatic rings. The van der Waals surface area contributed by atoms with Gasteiger partial charge < -0.3 is 15.7 Å². The largest absolute Gasteiger partial charge is 0.478 e. The van der Waals surface area contributed by atoms with E-state index in [9.17, 15) is 20.0 Å². The lowest BCUT2D eigenvalue weighted by molar-refractivity contribution is -0.385. The number of aromatic carboxylic acids is 1. The number of rotatable bonds is 9. The Kier molecular flexibility index (Phi) is 7.39. The second-order valence-electron chi connectivity index (χ2n) is 6.55. The van der Waals surface area contributed by atoms with Gasteiger partial charge >= 0.3 is 5.97 Å². The molecule has 2 heterocycles. The average Bonchev–Trinajstić information content (AvgIpc) is 2.75. The van der Waals surface area contributed by atoms with Gasteiger partial charge in [0.05, 0.1) is 16.3 Å². The number of pyridine rings is 1. The van der Waals surface area contributed by atoms with Crippen LogP contribution in [-0.4, -0.2) is 44.0 Å². The molecule has 0 fully saturated rings. The number of aryl methyl sites for hydroxylation is 1. The van der Waals surface area contributed by atoms with Gasteiger partial charge in [-0.05, 0) is 30.7 Å². The van der Waals surface area contributed by atoms with Crippen molar-refractivity contribution in [2.45, 2.75) is 13.3 Å². The zero-order valence-electron chi connectivity index (χ0n) is 16.8. The van der Waals surface area contributed by atoms with Gasteiger partial charge in [-0.3, -0.25) is 10.1 Å². The summed E-state index contributed by atoms with van der Waals surface area (Å²) in [6.45, 7) is 2.59. The fourth-order valence-corrected chi connectivity index (χ4v) is 3.46. The number of carboxylic acid groups (broad SMARTS) is 1. The molecule has 0 saturated carbocycles. The SMILES string of the molecule is CCc1nc(NCCNc2ccc([N+](=O)[O-])cn2)nc(-c2cc(Cl)cc(Cl)c2)c1C(=O)O. The second kappa shape index (κ2) is 10.2. The van der Waals surface area contributed by atoms with Crippen LogP contribution >= 0.6 is 23.2 Å². The van der Waals surface area contributed by atoms with Crippen LogP contribution in [0.3, 0.4) is 0 Å². The first-order valence-electron chi connectivity index (χ1n) is 9.47. The molecule has 3 N–H and O–H groups in total. The van der Waals surface area contributed by atoms with Crippen LogP contribution in [0.15, 0.2) is 36.5 Å². The first-order chi connectivity index (χ1) is 15.3. The van der Waals surface area contributed by atoms with Gasteiger partial charge in [-0.1, -0.05) is 30.1 Å². The number of carboxylic acids is 1. The summed E-state index contributed by atoms with van der Waals surface area (Å²) in [4.78, 5) is 34.8. The number of hydrogen-bond acceptors (Lipinski definition) is 8. The molecule has 12 heteroatoms. The molecule has 0 radical (unpaired) electrons. The van der Waals surface area contributed by atoms with Crippen molar-refractivity contribution < 1.29 is 14.8 Å². The second-order valence-corrected chi connectivity index (χ2v) is 7.42. The topological polar surface area (TPSA) is 143 Å². The van der Waals surface area contributed by atoms with Crippen molar-refractivity contribution >= 4 is 46.6 Å². The maximum atomic E-state index is 11.9. The van der Waals surface area contributed by atoms with Crippen LogP contribution in [0.4, 0.5) is 17.5 Å². The third kappa shape index (κ3) is 5.59. The van der Waals surface area contributed by atoms with E-state index in [1.165, 1.54) is 18.3 Å². The maximum Gasteiger partial charge on any atom is 0.339 e. The quantitative estimate of drug-likeness (QED) is 0.230. The smallest absolute Gasteiger partial charge is 0.339 e. The first-order valence-corrected chi connectivity index (χ1v) is 10.2. The molecule has 166 valence electrons. The number of halogens is 2. The number of nitrogens with zero attached hydrogens (tertiary/aromatic N) is 4. The molecule has 0 bridgehead atoms. The number of hydrogen-bond donors (Lipinski definition) is 3. The molecule has 10 nitrogen and oxygen atoms in total. The van der Waals surface area contributed by atoms with Gasteiger partial charge in [0.25, 0.3) is 5.69 Å². The van der Waals surface area contributed by atoms with E-state index in [1.807, 2.05) is 0 Å². The molecular weight excluding hydrogens is 459 g/mol. The molecule has 0 unspecified atom stereocenters. The fraction of sp³-hybridized carbons (Fsp3) is 0.200. The van der Waals surface area contributed by atoms with E-state index in [-0.39, 0.29) is 22.9 Å². The van der Waals surface area contributed by atoms with Crippen molar-refractivity contribution in [1.82, 2.24) is 15.0 Å². The molecule has 0 amide bonds. The van der Waals surface area contributed by atoms with Crippen LogP contribution < -0.4 is 10.6 Å². The van der Waals surface area contributed by atoms with Crippen molar-refractivity contribution in [1.29, 1.82) is 0 Å². The molecule has 3 rings (SSSR count). The van der Waals surface area contributed by atoms with E-state index >= 15 is 0 Å². The van der Waals surface area contributed by atoms with Gasteiger partial charge in [0.1, 0.15) is 17.6 Å². The summed E-state index contributed by atoms with van der Waals surface area (Å²) in [5, 5.41) is 27.2. The number of nitro groups is 1. The van der Waals surface area contributed by atoms with Crippen LogP contribution in [0.1, 0.15) is 23.0 Å². The van der Waals surface area contributed by atoms with Gasteiger partial charge in [-0.25, -0.2) is 19.7 Å². The van der Waals surface area contributed by atoms with E-state index in [2.05, 4.69) is 25.6 Å². The highest BCUT2D eigenvalue weighted by Gasteiger charge is 2.21. The molecule has 0 aliphatic heterocycles.